The first kappa shape index (κ1) is 7.07. The molecule has 1 nitrogen and oxygen atoms in total. The van der Waals surface area contributed by atoms with E-state index >= 15 is 0 Å². The van der Waals surface area contributed by atoms with Gasteiger partial charge in [0.15, 0.2) is 0 Å². The molecule has 0 fully saturated rings. The molecule has 0 saturated heterocycles. The monoisotopic (exact) mass is 165 g/mol. The molecule has 2 heterocycles. The molecule has 1 aromatic heterocycles. The van der Waals surface area contributed by atoms with Crippen LogP contribution >= 0.6 is 11.3 Å². The van der Waals surface area contributed by atoms with Crippen molar-refractivity contribution in [3.05, 3.63) is 34.5 Å². The molecule has 11 heavy (non-hydrogen) atoms. The minimum atomic E-state index is 0.468. The van der Waals surface area contributed by atoms with Gasteiger partial charge in [0.05, 0.1) is 6.04 Å². The Kier molecular flexibility index (Phi) is 2.06. The van der Waals surface area contributed by atoms with Crippen molar-refractivity contribution in [3.8, 4) is 0 Å². The van der Waals surface area contributed by atoms with Crippen molar-refractivity contribution in [2.45, 2.75) is 12.5 Å². The van der Waals surface area contributed by atoms with Crippen LogP contribution in [0.2, 0.25) is 0 Å². The van der Waals surface area contributed by atoms with Crippen LogP contribution < -0.4 is 5.32 Å². The maximum atomic E-state index is 3.44. The smallest absolute Gasteiger partial charge is 0.0514 e. The van der Waals surface area contributed by atoms with Gasteiger partial charge in [-0.15, -0.1) is 0 Å². The second-order valence-corrected chi connectivity index (χ2v) is 3.49. The Morgan fingerprint density at radius 3 is 3.18 bits per heavy atom. The molecular formula is C9H11NS. The largest absolute Gasteiger partial charge is 0.306 e. The number of hydrogen-bond acceptors (Lipinski definition) is 2. The van der Waals surface area contributed by atoms with E-state index in [4.69, 9.17) is 0 Å². The van der Waals surface area contributed by atoms with Crippen molar-refractivity contribution in [3.63, 3.8) is 0 Å². The first-order chi connectivity index (χ1) is 5.47. The SMILES string of the molecule is C1=CC(c2ccsc2)NCC1. The highest BCUT2D eigenvalue weighted by atomic mass is 32.1. The minimum absolute atomic E-state index is 0.468. The van der Waals surface area contributed by atoms with E-state index in [1.165, 1.54) is 12.0 Å². The fourth-order valence-electron chi connectivity index (χ4n) is 1.30. The van der Waals surface area contributed by atoms with Crippen molar-refractivity contribution in [2.24, 2.45) is 0 Å². The standard InChI is InChI=1S/C9H11NS/c1-2-5-10-9(3-1)8-4-6-11-7-8/h1,3-4,6-7,9-10H,2,5H2. The van der Waals surface area contributed by atoms with Crippen molar-refractivity contribution in [2.75, 3.05) is 6.54 Å². The van der Waals surface area contributed by atoms with Crippen LogP contribution in [0.15, 0.2) is 29.0 Å². The van der Waals surface area contributed by atoms with E-state index in [2.05, 4.69) is 34.3 Å². The third kappa shape index (κ3) is 1.52. The number of hydrogen-bond donors (Lipinski definition) is 1. The summed E-state index contributed by atoms with van der Waals surface area (Å²) in [5.41, 5.74) is 1.39. The lowest BCUT2D eigenvalue weighted by Gasteiger charge is -2.16. The quantitative estimate of drug-likeness (QED) is 0.630. The molecule has 58 valence electrons. The van der Waals surface area contributed by atoms with Crippen LogP contribution in [-0.4, -0.2) is 6.54 Å². The summed E-state index contributed by atoms with van der Waals surface area (Å²) in [5.74, 6) is 0. The highest BCUT2D eigenvalue weighted by molar-refractivity contribution is 7.07. The lowest BCUT2D eigenvalue weighted by molar-refractivity contribution is 0.602. The summed E-state index contributed by atoms with van der Waals surface area (Å²) in [5, 5.41) is 7.77. The van der Waals surface area contributed by atoms with Crippen molar-refractivity contribution in [1.29, 1.82) is 0 Å². The predicted octanol–water partition coefficient (Wildman–Crippen LogP) is 2.34. The molecule has 2 rings (SSSR count). The van der Waals surface area contributed by atoms with E-state index in [-0.39, 0.29) is 0 Å². The van der Waals surface area contributed by atoms with Crippen LogP contribution in [0.4, 0.5) is 0 Å². The van der Waals surface area contributed by atoms with Gasteiger partial charge < -0.3 is 5.32 Å². The van der Waals surface area contributed by atoms with Crippen LogP contribution in [-0.2, 0) is 0 Å². The van der Waals surface area contributed by atoms with E-state index in [9.17, 15) is 0 Å². The van der Waals surface area contributed by atoms with Gasteiger partial charge in [0.1, 0.15) is 0 Å². The maximum absolute atomic E-state index is 3.44. The first-order valence-corrected chi connectivity index (χ1v) is 4.83. The van der Waals surface area contributed by atoms with Crippen molar-refractivity contribution in [1.82, 2.24) is 5.32 Å². The van der Waals surface area contributed by atoms with E-state index < -0.39 is 0 Å². The summed E-state index contributed by atoms with van der Waals surface area (Å²) in [7, 11) is 0. The predicted molar refractivity (Wildman–Crippen MR) is 48.8 cm³/mol. The van der Waals surface area contributed by atoms with Crippen molar-refractivity contribution < 1.29 is 0 Å². The van der Waals surface area contributed by atoms with Gasteiger partial charge in [-0.3, -0.25) is 0 Å². The Bertz CT molecular complexity index is 238. The summed E-state index contributed by atoms with van der Waals surface area (Å²) in [6.45, 7) is 1.11. The third-order valence-corrected chi connectivity index (χ3v) is 2.61. The van der Waals surface area contributed by atoms with E-state index in [0.717, 1.165) is 6.54 Å². The van der Waals surface area contributed by atoms with Crippen LogP contribution in [0.3, 0.4) is 0 Å². The minimum Gasteiger partial charge on any atom is -0.306 e. The average Bonchev–Trinajstić information content (AvgIpc) is 2.58. The molecule has 1 unspecified atom stereocenters. The van der Waals surface area contributed by atoms with Gasteiger partial charge in [0.2, 0.25) is 0 Å². The Morgan fingerprint density at radius 2 is 2.55 bits per heavy atom. The molecule has 1 aliphatic rings. The Morgan fingerprint density at radius 1 is 1.55 bits per heavy atom. The molecule has 0 radical (unpaired) electrons. The van der Waals surface area contributed by atoms with Gasteiger partial charge >= 0.3 is 0 Å². The normalized spacial score (nSPS) is 23.8. The molecule has 0 aliphatic carbocycles. The molecular weight excluding hydrogens is 154 g/mol. The highest BCUT2D eigenvalue weighted by Crippen LogP contribution is 2.19. The van der Waals surface area contributed by atoms with Crippen LogP contribution in [0.5, 0.6) is 0 Å². The van der Waals surface area contributed by atoms with E-state index in [1.54, 1.807) is 11.3 Å². The maximum Gasteiger partial charge on any atom is 0.0514 e. The summed E-state index contributed by atoms with van der Waals surface area (Å²) in [4.78, 5) is 0. The molecule has 0 bridgehead atoms. The second kappa shape index (κ2) is 3.20. The zero-order valence-electron chi connectivity index (χ0n) is 6.29. The topological polar surface area (TPSA) is 12.0 Å². The molecule has 1 N–H and O–H groups in total. The fourth-order valence-corrected chi connectivity index (χ4v) is 2.00. The molecule has 1 aromatic rings. The fraction of sp³-hybridized carbons (Fsp3) is 0.333. The second-order valence-electron chi connectivity index (χ2n) is 2.71. The third-order valence-electron chi connectivity index (χ3n) is 1.91. The number of nitrogens with one attached hydrogen (secondary N) is 1. The molecule has 0 amide bonds. The lowest BCUT2D eigenvalue weighted by Crippen LogP contribution is -2.22. The number of rotatable bonds is 1. The lowest BCUT2D eigenvalue weighted by atomic mass is 10.1. The average molecular weight is 165 g/mol. The summed E-state index contributed by atoms with van der Waals surface area (Å²) in [6.07, 6.45) is 5.66. The van der Waals surface area contributed by atoms with E-state index in [1.807, 2.05) is 0 Å². The first-order valence-electron chi connectivity index (χ1n) is 3.89. The van der Waals surface area contributed by atoms with Gasteiger partial charge in [-0.1, -0.05) is 12.2 Å². The molecule has 0 saturated carbocycles. The van der Waals surface area contributed by atoms with Gasteiger partial charge in [0, 0.05) is 0 Å². The van der Waals surface area contributed by atoms with Crippen LogP contribution in [0.25, 0.3) is 0 Å². The van der Waals surface area contributed by atoms with Crippen LogP contribution in [0.1, 0.15) is 18.0 Å². The zero-order valence-corrected chi connectivity index (χ0v) is 7.10. The molecule has 0 spiro atoms. The molecule has 1 aliphatic heterocycles. The highest BCUT2D eigenvalue weighted by Gasteiger charge is 2.08. The zero-order chi connectivity index (χ0) is 7.52. The Hall–Kier alpha value is -0.600. The van der Waals surface area contributed by atoms with Crippen molar-refractivity contribution >= 4 is 11.3 Å². The van der Waals surface area contributed by atoms with Gasteiger partial charge in [-0.25, -0.2) is 0 Å². The van der Waals surface area contributed by atoms with Gasteiger partial charge in [-0.2, -0.15) is 11.3 Å². The van der Waals surface area contributed by atoms with Crippen LogP contribution in [0, 0.1) is 0 Å². The number of thiophene rings is 1. The molecule has 2 heteroatoms. The molecule has 1 atom stereocenters. The van der Waals surface area contributed by atoms with E-state index in [0.29, 0.717) is 6.04 Å². The van der Waals surface area contributed by atoms with Gasteiger partial charge in [0.25, 0.3) is 0 Å². The summed E-state index contributed by atoms with van der Waals surface area (Å²) >= 11 is 1.76. The Labute approximate surface area is 70.8 Å². The summed E-state index contributed by atoms with van der Waals surface area (Å²) in [6, 6.07) is 2.65. The summed E-state index contributed by atoms with van der Waals surface area (Å²) < 4.78 is 0. The van der Waals surface area contributed by atoms with Gasteiger partial charge in [-0.05, 0) is 35.4 Å². The molecule has 0 aromatic carbocycles. The Balaban J connectivity index is 2.16.